The molecule has 0 saturated carbocycles. The Hall–Kier alpha value is -1.07. The molecule has 1 aromatic carbocycles. The van der Waals surface area contributed by atoms with Crippen molar-refractivity contribution in [3.63, 3.8) is 0 Å². The largest absolute Gasteiger partial charge is 0.444 e. The van der Waals surface area contributed by atoms with E-state index in [0.717, 1.165) is 23.9 Å². The van der Waals surface area contributed by atoms with Gasteiger partial charge in [0.25, 0.3) is 0 Å². The number of carbonyl (C=O) groups is 1. The zero-order chi connectivity index (χ0) is 16.6. The number of hydrogen-bond acceptors (Lipinski definition) is 3. The highest BCUT2D eigenvalue weighted by atomic mass is 79.9. The third-order valence-electron chi connectivity index (χ3n) is 3.01. The van der Waals surface area contributed by atoms with Crippen molar-refractivity contribution in [3.05, 3.63) is 34.3 Å². The maximum Gasteiger partial charge on any atom is 0.407 e. The summed E-state index contributed by atoms with van der Waals surface area (Å²) in [4.78, 5) is 11.7. The molecule has 1 atom stereocenters. The number of halogens is 1. The van der Waals surface area contributed by atoms with Crippen LogP contribution >= 0.6 is 15.9 Å². The van der Waals surface area contributed by atoms with Crippen molar-refractivity contribution in [1.82, 2.24) is 10.6 Å². The summed E-state index contributed by atoms with van der Waals surface area (Å²) in [6, 6.07) is 8.45. The monoisotopic (exact) mass is 370 g/mol. The number of carbonyl (C=O) groups excluding carboxylic acids is 1. The van der Waals surface area contributed by atoms with Crippen molar-refractivity contribution in [2.24, 2.45) is 0 Å². The Labute approximate surface area is 142 Å². The lowest BCUT2D eigenvalue weighted by Gasteiger charge is -2.22. The fourth-order valence-electron chi connectivity index (χ4n) is 2.05. The molecule has 1 rings (SSSR count). The minimum absolute atomic E-state index is 0.233. The van der Waals surface area contributed by atoms with E-state index in [9.17, 15) is 4.79 Å². The first-order valence-corrected chi connectivity index (χ1v) is 8.54. The Morgan fingerprint density at radius 1 is 1.36 bits per heavy atom. The first-order chi connectivity index (χ1) is 10.3. The molecule has 0 aliphatic carbocycles. The van der Waals surface area contributed by atoms with E-state index in [4.69, 9.17) is 4.74 Å². The topological polar surface area (TPSA) is 50.4 Å². The van der Waals surface area contributed by atoms with Crippen molar-refractivity contribution < 1.29 is 9.53 Å². The summed E-state index contributed by atoms with van der Waals surface area (Å²) >= 11 is 3.48. The number of benzene rings is 1. The Bertz CT molecular complexity index is 472. The van der Waals surface area contributed by atoms with Gasteiger partial charge >= 0.3 is 6.09 Å². The van der Waals surface area contributed by atoms with Crippen LogP contribution in [0.1, 0.15) is 46.1 Å². The standard InChI is InChI=1S/C17H27BrN2O2/c1-5-7-15(12-20-16(21)22-17(2,3)4)19-11-13-8-6-9-14(18)10-13/h6,8-10,15,19H,5,7,11-12H2,1-4H3,(H,20,21). The lowest BCUT2D eigenvalue weighted by atomic mass is 10.1. The van der Waals surface area contributed by atoms with E-state index < -0.39 is 5.60 Å². The summed E-state index contributed by atoms with van der Waals surface area (Å²) in [5, 5.41) is 6.33. The number of rotatable bonds is 7. The molecule has 1 unspecified atom stereocenters. The maximum atomic E-state index is 11.7. The summed E-state index contributed by atoms with van der Waals surface area (Å²) in [5.74, 6) is 0. The molecule has 4 nitrogen and oxygen atoms in total. The van der Waals surface area contributed by atoms with Crippen molar-refractivity contribution in [2.75, 3.05) is 6.54 Å². The first kappa shape index (κ1) is 19.0. The zero-order valence-corrected chi connectivity index (χ0v) is 15.5. The normalized spacial score (nSPS) is 12.8. The lowest BCUT2D eigenvalue weighted by Crippen LogP contribution is -2.42. The molecule has 1 amide bonds. The molecular weight excluding hydrogens is 344 g/mol. The molecule has 124 valence electrons. The second-order valence-corrected chi connectivity index (χ2v) is 7.29. The van der Waals surface area contributed by atoms with Gasteiger partial charge in [-0.15, -0.1) is 0 Å². The SMILES string of the molecule is CCCC(CNC(=O)OC(C)(C)C)NCc1cccc(Br)c1. The zero-order valence-electron chi connectivity index (χ0n) is 13.9. The Kier molecular flexibility index (Phi) is 7.90. The summed E-state index contributed by atoms with van der Waals surface area (Å²) in [7, 11) is 0. The van der Waals surface area contributed by atoms with Crippen LogP contribution in [0.15, 0.2) is 28.7 Å². The van der Waals surface area contributed by atoms with Gasteiger partial charge in [0.05, 0.1) is 0 Å². The number of amides is 1. The van der Waals surface area contributed by atoms with Crippen LogP contribution in [0.5, 0.6) is 0 Å². The van der Waals surface area contributed by atoms with Gasteiger partial charge in [0.1, 0.15) is 5.60 Å². The van der Waals surface area contributed by atoms with E-state index in [1.807, 2.05) is 32.9 Å². The molecular formula is C17H27BrN2O2. The first-order valence-electron chi connectivity index (χ1n) is 7.75. The van der Waals surface area contributed by atoms with Crippen LogP contribution in [-0.2, 0) is 11.3 Å². The van der Waals surface area contributed by atoms with E-state index in [1.54, 1.807) is 0 Å². The number of alkyl carbamates (subject to hydrolysis) is 1. The molecule has 22 heavy (non-hydrogen) atoms. The second kappa shape index (κ2) is 9.16. The highest BCUT2D eigenvalue weighted by Gasteiger charge is 2.17. The molecule has 0 fully saturated rings. The van der Waals surface area contributed by atoms with Gasteiger partial charge < -0.3 is 15.4 Å². The Morgan fingerprint density at radius 2 is 2.09 bits per heavy atom. The van der Waals surface area contributed by atoms with Gasteiger partial charge in [0, 0.05) is 23.6 Å². The molecule has 0 radical (unpaired) electrons. The van der Waals surface area contributed by atoms with Crippen molar-refractivity contribution in [3.8, 4) is 0 Å². The molecule has 0 saturated heterocycles. The van der Waals surface area contributed by atoms with Crippen LogP contribution in [0.25, 0.3) is 0 Å². The van der Waals surface area contributed by atoms with E-state index in [-0.39, 0.29) is 12.1 Å². The smallest absolute Gasteiger partial charge is 0.407 e. The molecule has 0 aliphatic heterocycles. The van der Waals surface area contributed by atoms with Crippen LogP contribution < -0.4 is 10.6 Å². The minimum atomic E-state index is -0.464. The van der Waals surface area contributed by atoms with Crippen molar-refractivity contribution >= 4 is 22.0 Å². The van der Waals surface area contributed by atoms with Crippen molar-refractivity contribution in [1.29, 1.82) is 0 Å². The van der Waals surface area contributed by atoms with Gasteiger partial charge in [-0.3, -0.25) is 0 Å². The number of ether oxygens (including phenoxy) is 1. The summed E-state index contributed by atoms with van der Waals surface area (Å²) in [6.07, 6.45) is 1.70. The molecule has 0 bridgehead atoms. The fourth-order valence-corrected chi connectivity index (χ4v) is 2.50. The molecule has 0 aromatic heterocycles. The maximum absolute atomic E-state index is 11.7. The quantitative estimate of drug-likeness (QED) is 0.754. The molecule has 1 aromatic rings. The Morgan fingerprint density at radius 3 is 2.68 bits per heavy atom. The summed E-state index contributed by atoms with van der Waals surface area (Å²) in [5.41, 5.74) is 0.751. The fraction of sp³-hybridized carbons (Fsp3) is 0.588. The van der Waals surface area contributed by atoms with Crippen LogP contribution in [0.4, 0.5) is 4.79 Å². The second-order valence-electron chi connectivity index (χ2n) is 6.38. The van der Waals surface area contributed by atoms with Gasteiger partial charge in [-0.25, -0.2) is 4.79 Å². The molecule has 0 aliphatic rings. The summed E-state index contributed by atoms with van der Waals surface area (Å²) in [6.45, 7) is 9.07. The molecule has 0 spiro atoms. The van der Waals surface area contributed by atoms with E-state index >= 15 is 0 Å². The summed E-state index contributed by atoms with van der Waals surface area (Å²) < 4.78 is 6.34. The van der Waals surface area contributed by atoms with Gasteiger partial charge in [0.2, 0.25) is 0 Å². The third kappa shape index (κ3) is 8.39. The van der Waals surface area contributed by atoms with Gasteiger partial charge in [-0.05, 0) is 44.9 Å². The van der Waals surface area contributed by atoms with Gasteiger partial charge in [-0.1, -0.05) is 41.4 Å². The highest BCUT2D eigenvalue weighted by molar-refractivity contribution is 9.10. The van der Waals surface area contributed by atoms with E-state index in [1.165, 1.54) is 5.56 Å². The molecule has 5 heteroatoms. The molecule has 0 heterocycles. The minimum Gasteiger partial charge on any atom is -0.444 e. The van der Waals surface area contributed by atoms with E-state index in [0.29, 0.717) is 6.54 Å². The van der Waals surface area contributed by atoms with Gasteiger partial charge in [0.15, 0.2) is 0 Å². The van der Waals surface area contributed by atoms with Crippen LogP contribution in [0, 0.1) is 0 Å². The number of nitrogens with one attached hydrogen (secondary N) is 2. The Balaban J connectivity index is 2.43. The molecule has 2 N–H and O–H groups in total. The van der Waals surface area contributed by atoms with Crippen LogP contribution in [0.3, 0.4) is 0 Å². The average molecular weight is 371 g/mol. The van der Waals surface area contributed by atoms with Crippen LogP contribution in [0.2, 0.25) is 0 Å². The number of hydrogen-bond donors (Lipinski definition) is 2. The van der Waals surface area contributed by atoms with Gasteiger partial charge in [-0.2, -0.15) is 0 Å². The predicted molar refractivity (Wildman–Crippen MR) is 93.9 cm³/mol. The van der Waals surface area contributed by atoms with Crippen molar-refractivity contribution in [2.45, 2.75) is 58.7 Å². The average Bonchev–Trinajstić information content (AvgIpc) is 2.40. The van der Waals surface area contributed by atoms with Crippen LogP contribution in [-0.4, -0.2) is 24.3 Å². The van der Waals surface area contributed by atoms with E-state index in [2.05, 4.69) is 45.6 Å². The highest BCUT2D eigenvalue weighted by Crippen LogP contribution is 2.12. The third-order valence-corrected chi connectivity index (χ3v) is 3.51. The lowest BCUT2D eigenvalue weighted by molar-refractivity contribution is 0.0521. The predicted octanol–water partition coefficient (Wildman–Crippen LogP) is 4.23.